The summed E-state index contributed by atoms with van der Waals surface area (Å²) in [7, 11) is 1.61. The summed E-state index contributed by atoms with van der Waals surface area (Å²) < 4.78 is 29.7. The van der Waals surface area contributed by atoms with E-state index in [1.54, 1.807) is 50.2 Å². The van der Waals surface area contributed by atoms with E-state index >= 15 is 0 Å². The average molecular weight is 704 g/mol. The minimum absolute atomic E-state index is 0.0840. The van der Waals surface area contributed by atoms with Crippen molar-refractivity contribution >= 4 is 34.4 Å². The molecule has 5 rings (SSSR count). The van der Waals surface area contributed by atoms with E-state index in [4.69, 9.17) is 0 Å². The molecular weight excluding hydrogens is 658 g/mol. The third-order valence-electron chi connectivity index (χ3n) is 8.10. The highest BCUT2D eigenvalue weighted by Gasteiger charge is 2.23. The standard InChI is InChI=1S/C30H38FN7O4S.C7H8/c1-19(24-17-35-37(3)18-24)36-30(41)23-13-22(14-26(15-23)38(4)43(42)27-9-7-25(31)8-10-27)29(40)33-12-11-32-20(2)28(39)34-16-21-5-6-21;1-7-5-3-2-4-6-7/h7-10,13-15,17-21,32H,5-6,11-12,16H2,1-4H3,(H,33,40)(H,34,39)(H,36,41);2-6H,1H3/t19?,20-,43?;/m0./s1. The number of carbonyl (C=O) groups is 3. The second kappa shape index (κ2) is 18.2. The van der Waals surface area contributed by atoms with Crippen LogP contribution < -0.4 is 25.6 Å². The van der Waals surface area contributed by atoms with Gasteiger partial charge in [-0.15, -0.1) is 0 Å². The molecule has 1 fully saturated rings. The summed E-state index contributed by atoms with van der Waals surface area (Å²) in [5.41, 5.74) is 2.87. The van der Waals surface area contributed by atoms with Gasteiger partial charge < -0.3 is 21.3 Å². The predicted octanol–water partition coefficient (Wildman–Crippen LogP) is 4.44. The lowest BCUT2D eigenvalue weighted by Crippen LogP contribution is -2.45. The Hall–Kier alpha value is -4.88. The van der Waals surface area contributed by atoms with Crippen molar-refractivity contribution in [2.45, 2.75) is 50.6 Å². The van der Waals surface area contributed by atoms with Gasteiger partial charge in [0, 0.05) is 56.6 Å². The zero-order valence-corrected chi connectivity index (χ0v) is 29.9. The second-order valence-electron chi connectivity index (χ2n) is 12.4. The zero-order valence-electron chi connectivity index (χ0n) is 29.1. The number of rotatable bonds is 14. The molecule has 2 unspecified atom stereocenters. The highest BCUT2D eigenvalue weighted by atomic mass is 32.2. The summed E-state index contributed by atoms with van der Waals surface area (Å²) >= 11 is 0. The quantitative estimate of drug-likeness (QED) is 0.144. The van der Waals surface area contributed by atoms with Crippen molar-refractivity contribution in [3.8, 4) is 0 Å². The molecule has 4 N–H and O–H groups in total. The Labute approximate surface area is 295 Å². The molecule has 266 valence electrons. The van der Waals surface area contributed by atoms with Crippen molar-refractivity contribution in [1.29, 1.82) is 0 Å². The van der Waals surface area contributed by atoms with Gasteiger partial charge in [-0.1, -0.05) is 35.9 Å². The average Bonchev–Trinajstić information content (AvgIpc) is 3.85. The summed E-state index contributed by atoms with van der Waals surface area (Å²) in [6, 6.07) is 19.3. The molecule has 3 amide bonds. The molecule has 0 saturated heterocycles. The van der Waals surface area contributed by atoms with E-state index in [0.29, 0.717) is 29.6 Å². The monoisotopic (exact) mass is 703 g/mol. The van der Waals surface area contributed by atoms with Crippen molar-refractivity contribution < 1.29 is 23.0 Å². The Morgan fingerprint density at radius 1 is 0.960 bits per heavy atom. The molecule has 11 nitrogen and oxygen atoms in total. The van der Waals surface area contributed by atoms with Gasteiger partial charge in [0.1, 0.15) is 5.82 Å². The summed E-state index contributed by atoms with van der Waals surface area (Å²) in [5, 5.41) is 15.9. The lowest BCUT2D eigenvalue weighted by atomic mass is 10.1. The Balaban J connectivity index is 0.000000714. The predicted molar refractivity (Wildman–Crippen MR) is 193 cm³/mol. The minimum Gasteiger partial charge on any atom is -0.354 e. The number of nitrogens with zero attached hydrogens (tertiary/aromatic N) is 3. The van der Waals surface area contributed by atoms with Crippen LogP contribution in [0.1, 0.15) is 64.6 Å². The van der Waals surface area contributed by atoms with Gasteiger partial charge in [0.2, 0.25) is 5.91 Å². The Bertz CT molecular complexity index is 1760. The first-order valence-electron chi connectivity index (χ1n) is 16.6. The summed E-state index contributed by atoms with van der Waals surface area (Å²) in [5.74, 6) is -0.819. The molecule has 0 spiro atoms. The third-order valence-corrected chi connectivity index (χ3v) is 9.48. The van der Waals surface area contributed by atoms with Gasteiger partial charge in [-0.3, -0.25) is 23.4 Å². The number of carbonyl (C=O) groups excluding carboxylic acids is 3. The Kier molecular flexibility index (Phi) is 13.8. The van der Waals surface area contributed by atoms with Crippen molar-refractivity contribution in [1.82, 2.24) is 31.0 Å². The molecule has 4 aromatic rings. The van der Waals surface area contributed by atoms with Gasteiger partial charge >= 0.3 is 0 Å². The van der Waals surface area contributed by atoms with Gasteiger partial charge in [0.05, 0.1) is 28.9 Å². The van der Waals surface area contributed by atoms with E-state index in [-0.39, 0.29) is 29.6 Å². The van der Waals surface area contributed by atoms with Crippen LogP contribution in [0.2, 0.25) is 0 Å². The van der Waals surface area contributed by atoms with Crippen LogP contribution in [0, 0.1) is 18.7 Å². The maximum atomic E-state index is 13.4. The lowest BCUT2D eigenvalue weighted by molar-refractivity contribution is -0.122. The van der Waals surface area contributed by atoms with Gasteiger partial charge in [-0.2, -0.15) is 5.10 Å². The van der Waals surface area contributed by atoms with Crippen LogP contribution in [0.5, 0.6) is 0 Å². The first-order valence-corrected chi connectivity index (χ1v) is 17.7. The molecule has 13 heteroatoms. The van der Waals surface area contributed by atoms with E-state index in [9.17, 15) is 23.0 Å². The number of anilines is 1. The fraction of sp³-hybridized carbons (Fsp3) is 0.351. The molecule has 3 atom stereocenters. The zero-order chi connectivity index (χ0) is 36.2. The van der Waals surface area contributed by atoms with E-state index in [1.807, 2.05) is 25.1 Å². The largest absolute Gasteiger partial charge is 0.354 e. The van der Waals surface area contributed by atoms with Crippen LogP contribution in [-0.4, -0.2) is 64.4 Å². The van der Waals surface area contributed by atoms with Gasteiger partial charge in [-0.25, -0.2) is 8.60 Å². The van der Waals surface area contributed by atoms with Crippen LogP contribution in [0.3, 0.4) is 0 Å². The van der Waals surface area contributed by atoms with Crippen molar-refractivity contribution in [2.75, 3.05) is 31.0 Å². The maximum Gasteiger partial charge on any atom is 0.251 e. The Morgan fingerprint density at radius 3 is 2.20 bits per heavy atom. The number of aryl methyl sites for hydroxylation is 2. The lowest BCUT2D eigenvalue weighted by Gasteiger charge is -2.21. The summed E-state index contributed by atoms with van der Waals surface area (Å²) in [6.07, 6.45) is 5.76. The number of nitrogens with one attached hydrogen (secondary N) is 4. The molecule has 1 aromatic heterocycles. The number of amides is 3. The van der Waals surface area contributed by atoms with Crippen LogP contribution in [0.15, 0.2) is 90.1 Å². The van der Waals surface area contributed by atoms with Crippen molar-refractivity contribution in [3.05, 3.63) is 113 Å². The second-order valence-corrected chi connectivity index (χ2v) is 13.9. The maximum absolute atomic E-state index is 13.4. The molecule has 0 aliphatic heterocycles. The normalized spacial score (nSPS) is 14.0. The molecule has 3 aromatic carbocycles. The molecule has 50 heavy (non-hydrogen) atoms. The van der Waals surface area contributed by atoms with E-state index in [2.05, 4.69) is 45.4 Å². The highest BCUT2D eigenvalue weighted by molar-refractivity contribution is 7.86. The topological polar surface area (TPSA) is 137 Å². The molecule has 1 saturated carbocycles. The SMILES string of the molecule is CC(NC(=O)c1cc(C(=O)NCCN[C@@H](C)C(=O)NCC2CC2)cc(N(C)S(=O)c2ccc(F)cc2)c1)c1cnn(C)c1.Cc1ccccc1. The fourth-order valence-corrected chi connectivity index (χ4v) is 5.78. The first-order chi connectivity index (χ1) is 23.9. The molecular formula is C37H46FN7O4S. The summed E-state index contributed by atoms with van der Waals surface area (Å²) in [6.45, 7) is 6.95. The van der Waals surface area contributed by atoms with E-state index < -0.39 is 34.7 Å². The van der Waals surface area contributed by atoms with Gasteiger partial charge in [0.15, 0.2) is 11.0 Å². The highest BCUT2D eigenvalue weighted by Crippen LogP contribution is 2.27. The minimum atomic E-state index is -1.74. The summed E-state index contributed by atoms with van der Waals surface area (Å²) in [4.78, 5) is 39.1. The first kappa shape index (κ1) is 37.9. The molecule has 1 aliphatic carbocycles. The smallest absolute Gasteiger partial charge is 0.251 e. The van der Waals surface area contributed by atoms with Crippen molar-refractivity contribution in [3.63, 3.8) is 0 Å². The molecule has 1 heterocycles. The number of hydrogen-bond donors (Lipinski definition) is 4. The van der Waals surface area contributed by atoms with Gasteiger partial charge in [-0.05, 0) is 82.0 Å². The van der Waals surface area contributed by atoms with Crippen LogP contribution in [0.25, 0.3) is 0 Å². The number of aromatic nitrogens is 2. The van der Waals surface area contributed by atoms with Crippen molar-refractivity contribution in [2.24, 2.45) is 13.0 Å². The molecule has 0 radical (unpaired) electrons. The molecule has 1 aliphatic rings. The number of halogens is 1. The van der Waals surface area contributed by atoms with Crippen LogP contribution >= 0.6 is 0 Å². The number of benzene rings is 3. The van der Waals surface area contributed by atoms with Crippen LogP contribution in [-0.2, 0) is 22.8 Å². The molecule has 0 bridgehead atoms. The fourth-order valence-electron chi connectivity index (χ4n) is 4.80. The van der Waals surface area contributed by atoms with Gasteiger partial charge in [0.25, 0.3) is 11.8 Å². The van der Waals surface area contributed by atoms with E-state index in [1.165, 1.54) is 40.2 Å². The Morgan fingerprint density at radius 2 is 1.62 bits per heavy atom. The van der Waals surface area contributed by atoms with Crippen LogP contribution in [0.4, 0.5) is 10.1 Å². The number of hydrogen-bond acceptors (Lipinski definition) is 6. The third kappa shape index (κ3) is 11.6. The van der Waals surface area contributed by atoms with E-state index in [0.717, 1.165) is 18.4 Å².